The quantitative estimate of drug-likeness (QED) is 0.606. The third-order valence-electron chi connectivity index (χ3n) is 2.87. The first kappa shape index (κ1) is 17.2. The molecular formula is C13H23N3O3. The van der Waals surface area contributed by atoms with Gasteiger partial charge >= 0.3 is 0 Å². The summed E-state index contributed by atoms with van der Waals surface area (Å²) in [5.74, 6) is -1.06. The van der Waals surface area contributed by atoms with Gasteiger partial charge in [-0.05, 0) is 12.8 Å². The van der Waals surface area contributed by atoms with Crippen molar-refractivity contribution in [1.29, 1.82) is 0 Å². The van der Waals surface area contributed by atoms with Crippen LogP contribution in [0.2, 0.25) is 0 Å². The summed E-state index contributed by atoms with van der Waals surface area (Å²) in [7, 11) is 1.48. The molecule has 0 aromatic heterocycles. The molecule has 0 aliphatic rings. The van der Waals surface area contributed by atoms with Gasteiger partial charge in [-0.1, -0.05) is 26.3 Å². The van der Waals surface area contributed by atoms with E-state index in [2.05, 4.69) is 16.0 Å². The van der Waals surface area contributed by atoms with Gasteiger partial charge in [0.05, 0.1) is 0 Å². The highest BCUT2D eigenvalue weighted by molar-refractivity contribution is 5.99. The summed E-state index contributed by atoms with van der Waals surface area (Å²) in [6.07, 6.45) is 2.25. The number of likely N-dealkylation sites (N-methyl/N-ethyl adjacent to an activating group) is 1. The zero-order valence-corrected chi connectivity index (χ0v) is 12.2. The minimum Gasteiger partial charge on any atom is -0.354 e. The molecule has 0 bridgehead atoms. The zero-order chi connectivity index (χ0) is 15.0. The number of allylic oxidation sites excluding steroid dienone is 1. The predicted octanol–water partition coefficient (Wildman–Crippen LogP) is 0.303. The van der Waals surface area contributed by atoms with Gasteiger partial charge in [0, 0.05) is 14.0 Å². The molecule has 0 rings (SSSR count). The van der Waals surface area contributed by atoms with E-state index < -0.39 is 6.04 Å². The van der Waals surface area contributed by atoms with Crippen molar-refractivity contribution < 1.29 is 14.4 Å². The average Bonchev–Trinajstić information content (AvgIpc) is 2.39. The van der Waals surface area contributed by atoms with Crippen LogP contribution in [0.5, 0.6) is 0 Å². The Morgan fingerprint density at radius 3 is 2.21 bits per heavy atom. The fourth-order valence-electron chi connectivity index (χ4n) is 1.53. The smallest absolute Gasteiger partial charge is 0.267 e. The van der Waals surface area contributed by atoms with Crippen LogP contribution in [0.25, 0.3) is 0 Å². The summed E-state index contributed by atoms with van der Waals surface area (Å²) in [5, 5.41) is 7.58. The van der Waals surface area contributed by atoms with Gasteiger partial charge in [-0.2, -0.15) is 0 Å². The number of nitrogens with one attached hydrogen (secondary N) is 3. The Bertz CT molecular complexity index is 377. The lowest BCUT2D eigenvalue weighted by Gasteiger charge is -2.23. The third-order valence-corrected chi connectivity index (χ3v) is 2.87. The lowest BCUT2D eigenvalue weighted by molar-refractivity contribution is -0.129. The van der Waals surface area contributed by atoms with Crippen molar-refractivity contribution >= 4 is 17.7 Å². The maximum absolute atomic E-state index is 12.1. The highest BCUT2D eigenvalue weighted by Gasteiger charge is 2.26. The molecule has 2 atom stereocenters. The van der Waals surface area contributed by atoms with Crippen LogP contribution in [-0.4, -0.2) is 30.8 Å². The molecule has 3 N–H and O–H groups in total. The first-order valence-corrected chi connectivity index (χ1v) is 6.33. The van der Waals surface area contributed by atoms with Crippen molar-refractivity contribution in [1.82, 2.24) is 16.0 Å². The van der Waals surface area contributed by atoms with Gasteiger partial charge in [-0.3, -0.25) is 14.4 Å². The van der Waals surface area contributed by atoms with E-state index in [4.69, 9.17) is 0 Å². The van der Waals surface area contributed by atoms with Crippen LogP contribution in [0.3, 0.4) is 0 Å². The topological polar surface area (TPSA) is 87.3 Å². The highest BCUT2D eigenvalue weighted by atomic mass is 16.2. The van der Waals surface area contributed by atoms with Gasteiger partial charge < -0.3 is 16.0 Å². The van der Waals surface area contributed by atoms with Gasteiger partial charge in [-0.15, -0.1) is 0 Å². The Labute approximate surface area is 114 Å². The Hall–Kier alpha value is -1.85. The van der Waals surface area contributed by atoms with Crippen molar-refractivity contribution in [2.24, 2.45) is 5.92 Å². The van der Waals surface area contributed by atoms with Crippen LogP contribution in [0, 0.1) is 5.92 Å². The Kier molecular flexibility index (Phi) is 7.48. The first-order valence-electron chi connectivity index (χ1n) is 6.33. The van der Waals surface area contributed by atoms with E-state index in [0.717, 1.165) is 6.42 Å². The summed E-state index contributed by atoms with van der Waals surface area (Å²) < 4.78 is 0. The molecule has 6 nitrogen and oxygen atoms in total. The predicted molar refractivity (Wildman–Crippen MR) is 73.0 cm³/mol. The molecule has 0 aliphatic carbocycles. The van der Waals surface area contributed by atoms with E-state index in [0.29, 0.717) is 0 Å². The average molecular weight is 269 g/mol. The van der Waals surface area contributed by atoms with Crippen LogP contribution in [-0.2, 0) is 14.4 Å². The molecular weight excluding hydrogens is 246 g/mol. The maximum Gasteiger partial charge on any atom is 0.267 e. The second-order valence-electron chi connectivity index (χ2n) is 4.33. The highest BCUT2D eigenvalue weighted by Crippen LogP contribution is 2.08. The third kappa shape index (κ3) is 5.54. The second-order valence-corrected chi connectivity index (χ2v) is 4.33. The molecule has 0 aliphatic heterocycles. The minimum absolute atomic E-state index is 0.0216. The molecule has 0 aromatic carbocycles. The number of rotatable bonds is 6. The standard InChI is InChI=1S/C13H23N3O3/c1-6-8(3)11(15-9(4)17)13(19)16-10(7-2)12(18)14-5/h7-8,11H,6H2,1-5H3,(H,14,18)(H,15,17)(H,16,19)/b10-7+/t8-,11-/m0/s1. The van der Waals surface area contributed by atoms with Crippen molar-refractivity contribution in [2.75, 3.05) is 7.05 Å². The van der Waals surface area contributed by atoms with E-state index in [-0.39, 0.29) is 29.3 Å². The largest absolute Gasteiger partial charge is 0.354 e. The number of hydrogen-bond donors (Lipinski definition) is 3. The van der Waals surface area contributed by atoms with Crippen molar-refractivity contribution in [3.8, 4) is 0 Å². The Balaban J connectivity index is 4.90. The SMILES string of the molecule is C/C=C(/NC(=O)[C@@H](NC(C)=O)[C@@H](C)CC)C(=O)NC. The summed E-state index contributed by atoms with van der Waals surface area (Å²) >= 11 is 0. The van der Waals surface area contributed by atoms with E-state index in [9.17, 15) is 14.4 Å². The number of carbonyl (C=O) groups is 3. The second kappa shape index (κ2) is 8.29. The number of amides is 3. The van der Waals surface area contributed by atoms with Crippen LogP contribution in [0.15, 0.2) is 11.8 Å². The zero-order valence-electron chi connectivity index (χ0n) is 12.2. The number of hydrogen-bond acceptors (Lipinski definition) is 3. The van der Waals surface area contributed by atoms with Gasteiger partial charge in [0.2, 0.25) is 11.8 Å². The summed E-state index contributed by atoms with van der Waals surface area (Å²) in [4.78, 5) is 34.7. The summed E-state index contributed by atoms with van der Waals surface area (Å²) in [6.45, 7) is 6.82. The van der Waals surface area contributed by atoms with Gasteiger partial charge in [0.25, 0.3) is 5.91 Å². The van der Waals surface area contributed by atoms with Crippen molar-refractivity contribution in [3.63, 3.8) is 0 Å². The lowest BCUT2D eigenvalue weighted by Crippen LogP contribution is -2.50. The van der Waals surface area contributed by atoms with Crippen LogP contribution < -0.4 is 16.0 Å². The fraction of sp³-hybridized carbons (Fsp3) is 0.615. The van der Waals surface area contributed by atoms with E-state index in [1.807, 2.05) is 13.8 Å². The van der Waals surface area contributed by atoms with E-state index in [1.54, 1.807) is 6.92 Å². The Morgan fingerprint density at radius 2 is 1.84 bits per heavy atom. The van der Waals surface area contributed by atoms with E-state index in [1.165, 1.54) is 20.0 Å². The molecule has 0 saturated heterocycles. The van der Waals surface area contributed by atoms with E-state index >= 15 is 0 Å². The van der Waals surface area contributed by atoms with Crippen LogP contribution in [0.1, 0.15) is 34.1 Å². The molecule has 0 fully saturated rings. The monoisotopic (exact) mass is 269 g/mol. The molecule has 3 amide bonds. The van der Waals surface area contributed by atoms with Gasteiger partial charge in [0.15, 0.2) is 0 Å². The molecule has 0 unspecified atom stereocenters. The van der Waals surface area contributed by atoms with Crippen molar-refractivity contribution in [2.45, 2.75) is 40.2 Å². The normalized spacial score (nSPS) is 14.3. The van der Waals surface area contributed by atoms with Gasteiger partial charge in [-0.25, -0.2) is 0 Å². The molecule has 0 radical (unpaired) electrons. The Morgan fingerprint density at radius 1 is 1.26 bits per heavy atom. The van der Waals surface area contributed by atoms with Crippen molar-refractivity contribution in [3.05, 3.63) is 11.8 Å². The molecule has 6 heteroatoms. The summed E-state index contributed by atoms with van der Waals surface area (Å²) in [6, 6.07) is -0.651. The molecule has 0 aromatic rings. The molecule has 0 heterocycles. The number of carbonyl (C=O) groups excluding carboxylic acids is 3. The molecule has 108 valence electrons. The van der Waals surface area contributed by atoms with Gasteiger partial charge in [0.1, 0.15) is 11.7 Å². The minimum atomic E-state index is -0.651. The fourth-order valence-corrected chi connectivity index (χ4v) is 1.53. The first-order chi connectivity index (χ1) is 8.87. The molecule has 0 spiro atoms. The lowest BCUT2D eigenvalue weighted by atomic mass is 9.98. The maximum atomic E-state index is 12.1. The molecule has 19 heavy (non-hydrogen) atoms. The summed E-state index contributed by atoms with van der Waals surface area (Å²) in [5.41, 5.74) is 0.172. The molecule has 0 saturated carbocycles. The van der Waals surface area contributed by atoms with Crippen LogP contribution >= 0.6 is 0 Å². The van der Waals surface area contributed by atoms with Crippen LogP contribution in [0.4, 0.5) is 0 Å².